The number of primary amides is 1. The number of fused-ring (bicyclic) bond motifs is 3. The summed E-state index contributed by atoms with van der Waals surface area (Å²) in [6.07, 6.45) is 0.229. The van der Waals surface area contributed by atoms with E-state index in [1.165, 1.54) is 16.5 Å². The second kappa shape index (κ2) is 11.2. The number of aliphatic hydroxyl groups is 1. The maximum Gasteiger partial charge on any atom is 0.235 e. The van der Waals surface area contributed by atoms with Crippen LogP contribution in [0.15, 0.2) is 54.6 Å². The van der Waals surface area contributed by atoms with Crippen LogP contribution in [0.4, 0.5) is 0 Å². The fraction of sp³-hybridized carbons (Fsp3) is 0.364. The largest absolute Gasteiger partial charge is 0.507 e. The first-order chi connectivity index (χ1) is 20.9. The smallest absolute Gasteiger partial charge is 0.235 e. The number of thiophene rings is 1. The minimum Gasteiger partial charge on any atom is -0.507 e. The molecule has 44 heavy (non-hydrogen) atoms. The quantitative estimate of drug-likeness (QED) is 0.290. The summed E-state index contributed by atoms with van der Waals surface area (Å²) in [4.78, 5) is 70.3. The van der Waals surface area contributed by atoms with Gasteiger partial charge in [-0.1, -0.05) is 30.3 Å². The minimum absolute atomic E-state index is 0.00810. The van der Waals surface area contributed by atoms with Crippen LogP contribution in [0, 0.1) is 23.7 Å². The highest BCUT2D eigenvalue weighted by atomic mass is 32.1. The van der Waals surface area contributed by atoms with Gasteiger partial charge >= 0.3 is 0 Å². The minimum atomic E-state index is -2.74. The van der Waals surface area contributed by atoms with Crippen molar-refractivity contribution >= 4 is 40.4 Å². The standard InChI is InChI=1S/C33H33N3O7S/c1-36(2)27-21-13-17-12-20-19(23-11-8-18(44-23)15-35-14-16-6-4-3-5-7-16)9-10-22(37)25(20)28(38)24(17)30(40)33(21,43)31(41)26(29(27)39)32(34)42/h3-11,17,21,24,26-27,35,37,43H,12-15H2,1-2H3,(H2,34,42). The summed E-state index contributed by atoms with van der Waals surface area (Å²) in [7, 11) is 3.13. The molecule has 1 amide bonds. The summed E-state index contributed by atoms with van der Waals surface area (Å²) in [5.41, 5.74) is 5.15. The molecule has 0 spiro atoms. The van der Waals surface area contributed by atoms with E-state index in [1.807, 2.05) is 42.5 Å². The maximum absolute atomic E-state index is 14.0. The lowest BCUT2D eigenvalue weighted by atomic mass is 9.52. The number of aromatic hydroxyl groups is 1. The molecule has 0 bridgehead atoms. The first kappa shape index (κ1) is 30.0. The van der Waals surface area contributed by atoms with E-state index in [1.54, 1.807) is 31.5 Å². The number of benzene rings is 2. The fourth-order valence-electron chi connectivity index (χ4n) is 7.38. The number of hydrogen-bond donors (Lipinski definition) is 4. The van der Waals surface area contributed by atoms with Gasteiger partial charge in [-0.2, -0.15) is 0 Å². The van der Waals surface area contributed by atoms with E-state index in [9.17, 15) is 34.2 Å². The zero-order valence-corrected chi connectivity index (χ0v) is 25.1. The molecule has 2 saturated carbocycles. The number of rotatable bonds is 7. The molecule has 0 radical (unpaired) electrons. The van der Waals surface area contributed by atoms with Gasteiger partial charge in [-0.05, 0) is 73.8 Å². The molecule has 3 aromatic rings. The Kier molecular flexibility index (Phi) is 7.61. The molecule has 2 aromatic carbocycles. The topological polar surface area (TPSA) is 167 Å². The molecule has 0 aliphatic heterocycles. The van der Waals surface area contributed by atoms with E-state index in [-0.39, 0.29) is 24.2 Å². The lowest BCUT2D eigenvalue weighted by molar-refractivity contribution is -0.181. The van der Waals surface area contributed by atoms with Gasteiger partial charge in [0.05, 0.1) is 17.5 Å². The molecule has 228 valence electrons. The summed E-state index contributed by atoms with van der Waals surface area (Å²) >= 11 is 1.55. The zero-order chi connectivity index (χ0) is 31.5. The Hall–Kier alpha value is -4.03. The Morgan fingerprint density at radius 3 is 2.43 bits per heavy atom. The van der Waals surface area contributed by atoms with E-state index in [2.05, 4.69) is 5.32 Å². The maximum atomic E-state index is 14.0. The molecule has 3 aliphatic rings. The van der Waals surface area contributed by atoms with Crippen LogP contribution in [0.25, 0.3) is 10.4 Å². The highest BCUT2D eigenvalue weighted by molar-refractivity contribution is 7.15. The van der Waals surface area contributed by atoms with Gasteiger partial charge in [-0.3, -0.25) is 28.9 Å². The van der Waals surface area contributed by atoms with Crippen LogP contribution in [0.2, 0.25) is 0 Å². The predicted molar refractivity (Wildman–Crippen MR) is 162 cm³/mol. The molecule has 2 fully saturated rings. The van der Waals surface area contributed by atoms with Gasteiger partial charge in [0.2, 0.25) is 5.91 Å². The first-order valence-electron chi connectivity index (χ1n) is 14.5. The van der Waals surface area contributed by atoms with Gasteiger partial charge in [0.25, 0.3) is 0 Å². The highest BCUT2D eigenvalue weighted by Crippen LogP contribution is 2.52. The summed E-state index contributed by atoms with van der Waals surface area (Å²) in [5.74, 6) is -10.5. The van der Waals surface area contributed by atoms with Gasteiger partial charge in [0.1, 0.15) is 5.75 Å². The van der Waals surface area contributed by atoms with Crippen LogP contribution in [0.3, 0.4) is 0 Å². The molecule has 11 heteroatoms. The van der Waals surface area contributed by atoms with E-state index in [0.717, 1.165) is 15.3 Å². The monoisotopic (exact) mass is 615 g/mol. The molecule has 1 heterocycles. The van der Waals surface area contributed by atoms with Crippen molar-refractivity contribution in [3.05, 3.63) is 76.2 Å². The average molecular weight is 616 g/mol. The van der Waals surface area contributed by atoms with Crippen LogP contribution in [-0.2, 0) is 38.7 Å². The number of phenolic OH excluding ortho intramolecular Hbond substituents is 1. The Morgan fingerprint density at radius 2 is 1.75 bits per heavy atom. The van der Waals surface area contributed by atoms with Gasteiger partial charge in [-0.15, -0.1) is 11.3 Å². The van der Waals surface area contributed by atoms with E-state index in [0.29, 0.717) is 18.7 Å². The molecule has 6 unspecified atom stereocenters. The van der Waals surface area contributed by atoms with Gasteiger partial charge in [-0.25, -0.2) is 0 Å². The van der Waals surface area contributed by atoms with Crippen molar-refractivity contribution in [1.82, 2.24) is 10.2 Å². The third-order valence-corrected chi connectivity index (χ3v) is 10.5. The second-order valence-corrected chi connectivity index (χ2v) is 13.3. The van der Waals surface area contributed by atoms with E-state index < -0.39 is 64.4 Å². The van der Waals surface area contributed by atoms with E-state index in [4.69, 9.17) is 5.73 Å². The van der Waals surface area contributed by atoms with Crippen LogP contribution in [-0.4, -0.2) is 69.9 Å². The Morgan fingerprint density at radius 1 is 1.02 bits per heavy atom. The number of ketones is 4. The number of nitrogens with two attached hydrogens (primary N) is 1. The molecule has 6 rings (SSSR count). The fourth-order valence-corrected chi connectivity index (χ4v) is 8.41. The van der Waals surface area contributed by atoms with Crippen molar-refractivity contribution < 1.29 is 34.2 Å². The summed E-state index contributed by atoms with van der Waals surface area (Å²) in [6, 6.07) is 16.0. The van der Waals surface area contributed by atoms with E-state index >= 15 is 0 Å². The van der Waals surface area contributed by atoms with Crippen LogP contribution >= 0.6 is 11.3 Å². The van der Waals surface area contributed by atoms with Crippen molar-refractivity contribution in [1.29, 1.82) is 0 Å². The van der Waals surface area contributed by atoms with Crippen molar-refractivity contribution in [2.75, 3.05) is 14.1 Å². The summed E-state index contributed by atoms with van der Waals surface area (Å²) < 4.78 is 0. The highest BCUT2D eigenvalue weighted by Gasteiger charge is 2.69. The molecule has 3 aliphatic carbocycles. The third kappa shape index (κ3) is 4.62. The zero-order valence-electron chi connectivity index (χ0n) is 24.3. The first-order valence-corrected chi connectivity index (χ1v) is 15.3. The third-order valence-electron chi connectivity index (χ3n) is 9.34. The van der Waals surface area contributed by atoms with Crippen molar-refractivity contribution in [2.45, 2.75) is 37.6 Å². The number of nitrogens with zero attached hydrogens (tertiary/aromatic N) is 1. The number of phenols is 1. The summed E-state index contributed by atoms with van der Waals surface area (Å²) in [5, 5.41) is 26.0. The van der Waals surface area contributed by atoms with Gasteiger partial charge in [0, 0.05) is 28.8 Å². The van der Waals surface area contributed by atoms with Gasteiger partial charge < -0.3 is 21.3 Å². The number of nitrogens with one attached hydrogen (secondary N) is 1. The lowest BCUT2D eigenvalue weighted by Gasteiger charge is -2.52. The Labute approximate surface area is 257 Å². The molecular weight excluding hydrogens is 582 g/mol. The number of carbonyl (C=O) groups excluding carboxylic acids is 5. The normalized spacial score (nSPS) is 28.0. The predicted octanol–water partition coefficient (Wildman–Crippen LogP) is 1.89. The van der Waals surface area contributed by atoms with Gasteiger partial charge in [0.15, 0.2) is 34.7 Å². The number of carbonyl (C=O) groups is 5. The van der Waals surface area contributed by atoms with Crippen LogP contribution in [0.1, 0.15) is 32.8 Å². The molecule has 5 N–H and O–H groups in total. The number of amides is 1. The molecular formula is C33H33N3O7S. The number of hydrogen-bond acceptors (Lipinski definition) is 10. The SMILES string of the molecule is CN(C)C1C(=O)C(C(N)=O)C(=O)C2(O)C(=O)C3C(=O)c4c(O)ccc(-c5ccc(CNCc6ccccc6)s5)c4CC3CC12. The number of likely N-dealkylation sites (N-methyl/N-ethyl adjacent to an activating group) is 1. The number of Topliss-reactive ketones (excluding diaryl/α,β-unsaturated/α-hetero) is 4. The molecule has 0 saturated heterocycles. The van der Waals surface area contributed by atoms with Crippen molar-refractivity contribution in [3.8, 4) is 16.2 Å². The second-order valence-electron chi connectivity index (χ2n) is 12.1. The van der Waals surface area contributed by atoms with Crippen molar-refractivity contribution in [3.63, 3.8) is 0 Å². The Bertz CT molecular complexity index is 1700. The molecule has 6 atom stereocenters. The summed E-state index contributed by atoms with van der Waals surface area (Å²) in [6.45, 7) is 1.35. The molecule has 1 aromatic heterocycles. The van der Waals surface area contributed by atoms with Crippen LogP contribution in [0.5, 0.6) is 5.75 Å². The molecule has 10 nitrogen and oxygen atoms in total. The lowest BCUT2D eigenvalue weighted by Crippen LogP contribution is -2.74. The average Bonchev–Trinajstić information content (AvgIpc) is 3.44. The Balaban J connectivity index is 1.34. The van der Waals surface area contributed by atoms with Crippen molar-refractivity contribution in [2.24, 2.45) is 29.4 Å². The van der Waals surface area contributed by atoms with Crippen LogP contribution < -0.4 is 11.1 Å².